The molecule has 1 unspecified atom stereocenters. The molecule has 0 spiro atoms. The van der Waals surface area contributed by atoms with Gasteiger partial charge in [0.05, 0.1) is 60.5 Å². The summed E-state index contributed by atoms with van der Waals surface area (Å²) >= 11 is 1.74. The SMILES string of the molecule is CCc1cc2ncc(CN3CCN(c4ccc(C(=O)NCCOC5CCN(CC(=O)NCCCc6nc(CN7CCCC7C(=N)N7CCCCCC7=N)sc6C)CC5)nc4)CC3)cc2[nH]c1=O. The summed E-state index contributed by atoms with van der Waals surface area (Å²) in [5.74, 6) is 1.00. The van der Waals surface area contributed by atoms with Crippen LogP contribution in [0.2, 0.25) is 0 Å². The van der Waals surface area contributed by atoms with Crippen molar-refractivity contribution in [2.45, 2.75) is 110 Å². The van der Waals surface area contributed by atoms with Gasteiger partial charge in [0, 0.05) is 88.5 Å². The third kappa shape index (κ3) is 12.9. The van der Waals surface area contributed by atoms with Crippen molar-refractivity contribution in [2.24, 2.45) is 0 Å². The first kappa shape index (κ1) is 48.3. The van der Waals surface area contributed by atoms with Crippen LogP contribution in [0.1, 0.15) is 102 Å². The molecule has 360 valence electrons. The van der Waals surface area contributed by atoms with E-state index in [0.717, 1.165) is 168 Å². The Morgan fingerprint density at radius 2 is 1.75 bits per heavy atom. The highest BCUT2D eigenvalue weighted by Gasteiger charge is 2.33. The fourth-order valence-corrected chi connectivity index (χ4v) is 10.8. The minimum atomic E-state index is -0.223. The lowest BCUT2D eigenvalue weighted by Crippen LogP contribution is -2.47. The van der Waals surface area contributed by atoms with Crippen molar-refractivity contribution < 1.29 is 14.3 Å². The number of ether oxygens (including phenoxy) is 1. The van der Waals surface area contributed by atoms with Gasteiger partial charge in [0.15, 0.2) is 0 Å². The normalized spacial score (nSPS) is 19.3. The molecule has 8 heterocycles. The fourth-order valence-electron chi connectivity index (χ4n) is 9.84. The zero-order valence-corrected chi connectivity index (χ0v) is 40.2. The van der Waals surface area contributed by atoms with Gasteiger partial charge in [0.2, 0.25) is 5.91 Å². The first-order valence-corrected chi connectivity index (χ1v) is 25.4. The number of thiazole rings is 1. The average molecular weight is 936 g/mol. The maximum Gasteiger partial charge on any atom is 0.269 e. The smallest absolute Gasteiger partial charge is 0.269 e. The van der Waals surface area contributed by atoms with Crippen molar-refractivity contribution in [3.05, 3.63) is 79.4 Å². The number of hydrogen-bond donors (Lipinski definition) is 5. The zero-order chi connectivity index (χ0) is 46.7. The van der Waals surface area contributed by atoms with Gasteiger partial charge in [-0.1, -0.05) is 13.3 Å². The number of H-pyrrole nitrogens is 1. The predicted octanol–water partition coefficient (Wildman–Crippen LogP) is 4.72. The van der Waals surface area contributed by atoms with Crippen molar-refractivity contribution in [2.75, 3.05) is 83.5 Å². The van der Waals surface area contributed by atoms with Gasteiger partial charge in [-0.25, -0.2) is 9.97 Å². The standard InChI is InChI=1S/C49H69N13O4S/c1-3-36-28-41-42(57-48(36)64)27-35(29-54-41)31-59-22-24-60(25-23-59)37-12-13-40(55-30-37)49(65)53-17-26-66-38-14-20-58(21-15-38)32-45(63)52-16-7-9-39-34(2)67-46(56-39)33-61-18-8-10-43(61)47(51)62-19-6-4-5-11-44(62)50/h12-13,27-30,38,43,50-51H,3-11,14-26,31-33H2,1-2H3,(H,52,63)(H,53,65)(H,57,64). The van der Waals surface area contributed by atoms with Gasteiger partial charge in [-0.3, -0.25) is 44.9 Å². The number of aryl methyl sites for hydroxylation is 3. The van der Waals surface area contributed by atoms with Crippen LogP contribution in [0.5, 0.6) is 0 Å². The number of nitrogens with zero attached hydrogens (tertiary/aromatic N) is 8. The van der Waals surface area contributed by atoms with Crippen LogP contribution in [0.25, 0.3) is 11.0 Å². The third-order valence-corrected chi connectivity index (χ3v) is 14.8. The number of pyridine rings is 3. The van der Waals surface area contributed by atoms with E-state index in [1.807, 2.05) is 36.2 Å². The molecular formula is C49H69N13O4S. The summed E-state index contributed by atoms with van der Waals surface area (Å²) in [5.41, 5.74) is 5.82. The van der Waals surface area contributed by atoms with Crippen LogP contribution in [-0.4, -0.2) is 154 Å². The van der Waals surface area contributed by atoms with Crippen LogP contribution >= 0.6 is 11.3 Å². The molecule has 4 aromatic heterocycles. The van der Waals surface area contributed by atoms with E-state index in [2.05, 4.69) is 52.1 Å². The lowest BCUT2D eigenvalue weighted by molar-refractivity contribution is -0.123. The number of amides is 2. The average Bonchev–Trinajstić information content (AvgIpc) is 3.88. The van der Waals surface area contributed by atoms with Crippen LogP contribution in [0.3, 0.4) is 0 Å². The van der Waals surface area contributed by atoms with Crippen molar-refractivity contribution >= 4 is 51.5 Å². The number of carbonyl (C=O) groups excluding carboxylic acids is 2. The van der Waals surface area contributed by atoms with E-state index in [9.17, 15) is 14.4 Å². The summed E-state index contributed by atoms with van der Waals surface area (Å²) in [7, 11) is 0. The summed E-state index contributed by atoms with van der Waals surface area (Å²) in [6.45, 7) is 14.2. The number of anilines is 1. The molecule has 4 aliphatic rings. The monoisotopic (exact) mass is 936 g/mol. The van der Waals surface area contributed by atoms with Crippen LogP contribution < -0.4 is 21.1 Å². The first-order valence-electron chi connectivity index (χ1n) is 24.6. The highest BCUT2D eigenvalue weighted by atomic mass is 32.1. The van der Waals surface area contributed by atoms with E-state index in [4.69, 9.17) is 20.5 Å². The number of aromatic amines is 1. The quantitative estimate of drug-likeness (QED) is 0.0523. The lowest BCUT2D eigenvalue weighted by Gasteiger charge is -2.36. The number of piperazine rings is 1. The molecule has 8 rings (SSSR count). The van der Waals surface area contributed by atoms with E-state index >= 15 is 0 Å². The molecule has 4 aromatic rings. The Bertz CT molecular complexity index is 2390. The van der Waals surface area contributed by atoms with Crippen molar-refractivity contribution in [1.82, 2.24) is 50.2 Å². The molecule has 0 radical (unpaired) electrons. The largest absolute Gasteiger partial charge is 0.376 e. The van der Waals surface area contributed by atoms with Crippen LogP contribution in [0, 0.1) is 17.7 Å². The molecule has 0 bridgehead atoms. The summed E-state index contributed by atoms with van der Waals surface area (Å²) in [6.07, 6.45) is 13.8. The summed E-state index contributed by atoms with van der Waals surface area (Å²) in [5, 5.41) is 24.6. The number of aromatic nitrogens is 4. The second kappa shape index (κ2) is 23.2. The Kier molecular flexibility index (Phi) is 16.8. The minimum Gasteiger partial charge on any atom is -0.376 e. The van der Waals surface area contributed by atoms with Crippen LogP contribution in [-0.2, 0) is 35.5 Å². The number of nitrogens with one attached hydrogen (secondary N) is 5. The maximum absolute atomic E-state index is 12.9. The number of hydrogen-bond acceptors (Lipinski definition) is 14. The Hall–Kier alpha value is -5.14. The molecule has 17 nitrogen and oxygen atoms in total. The van der Waals surface area contributed by atoms with E-state index in [-0.39, 0.29) is 29.5 Å². The molecule has 4 aliphatic heterocycles. The minimum absolute atomic E-state index is 0.0410. The molecule has 5 N–H and O–H groups in total. The van der Waals surface area contributed by atoms with E-state index in [0.29, 0.717) is 50.0 Å². The number of carbonyl (C=O) groups is 2. The van der Waals surface area contributed by atoms with Gasteiger partial charge in [-0.15, -0.1) is 11.3 Å². The summed E-state index contributed by atoms with van der Waals surface area (Å²) < 4.78 is 6.10. The summed E-state index contributed by atoms with van der Waals surface area (Å²) in [4.78, 5) is 67.4. The molecule has 0 aliphatic carbocycles. The zero-order valence-electron chi connectivity index (χ0n) is 39.4. The van der Waals surface area contributed by atoms with Gasteiger partial charge < -0.3 is 30.2 Å². The van der Waals surface area contributed by atoms with E-state index < -0.39 is 0 Å². The maximum atomic E-state index is 12.9. The molecule has 4 fully saturated rings. The molecule has 0 saturated carbocycles. The molecular weight excluding hydrogens is 867 g/mol. The topological polar surface area (TPSA) is 203 Å². The van der Waals surface area contributed by atoms with Gasteiger partial charge in [0.1, 0.15) is 22.4 Å². The second-order valence-corrected chi connectivity index (χ2v) is 19.8. The number of likely N-dealkylation sites (tertiary alicyclic amines) is 3. The number of piperidine rings is 1. The summed E-state index contributed by atoms with van der Waals surface area (Å²) in [6, 6.07) is 7.69. The van der Waals surface area contributed by atoms with Gasteiger partial charge >= 0.3 is 0 Å². The Morgan fingerprint density at radius 3 is 2.54 bits per heavy atom. The third-order valence-electron chi connectivity index (χ3n) is 13.8. The Morgan fingerprint density at radius 1 is 0.910 bits per heavy atom. The fraction of sp³-hybridized carbons (Fsp3) is 0.592. The van der Waals surface area contributed by atoms with Crippen LogP contribution in [0.4, 0.5) is 5.69 Å². The molecule has 1 atom stereocenters. The molecule has 67 heavy (non-hydrogen) atoms. The van der Waals surface area contributed by atoms with Gasteiger partial charge in [-0.2, -0.15) is 0 Å². The molecule has 0 aromatic carbocycles. The van der Waals surface area contributed by atoms with Crippen molar-refractivity contribution in [1.29, 1.82) is 10.8 Å². The second-order valence-electron chi connectivity index (χ2n) is 18.5. The number of fused-ring (bicyclic) bond motifs is 1. The van der Waals surface area contributed by atoms with Gasteiger partial charge in [0.25, 0.3) is 11.5 Å². The molecule has 2 amide bonds. The lowest BCUT2D eigenvalue weighted by atomic mass is 10.1. The van der Waals surface area contributed by atoms with Crippen molar-refractivity contribution in [3.8, 4) is 0 Å². The van der Waals surface area contributed by atoms with E-state index in [1.165, 1.54) is 4.88 Å². The van der Waals surface area contributed by atoms with E-state index in [1.54, 1.807) is 23.6 Å². The van der Waals surface area contributed by atoms with Crippen LogP contribution in [0.15, 0.2) is 41.5 Å². The highest BCUT2D eigenvalue weighted by Crippen LogP contribution is 2.27. The highest BCUT2D eigenvalue weighted by molar-refractivity contribution is 7.11. The predicted molar refractivity (Wildman–Crippen MR) is 263 cm³/mol. The molecule has 4 saturated heterocycles. The Labute approximate surface area is 398 Å². The van der Waals surface area contributed by atoms with Crippen molar-refractivity contribution in [3.63, 3.8) is 0 Å². The Balaban J connectivity index is 0.664. The number of rotatable bonds is 18. The number of amidine groups is 2. The first-order chi connectivity index (χ1) is 32.6. The molecule has 18 heteroatoms. The van der Waals surface area contributed by atoms with Gasteiger partial charge in [-0.05, 0) is 101 Å².